The highest BCUT2D eigenvalue weighted by molar-refractivity contribution is 5.71. The van der Waals surface area contributed by atoms with Gasteiger partial charge in [0.05, 0.1) is 5.92 Å². The lowest BCUT2D eigenvalue weighted by Gasteiger charge is -2.43. The van der Waals surface area contributed by atoms with Gasteiger partial charge in [-0.3, -0.25) is 4.79 Å². The van der Waals surface area contributed by atoms with Gasteiger partial charge in [-0.15, -0.1) is 0 Å². The molecule has 1 N–H and O–H groups in total. The molecule has 0 amide bonds. The number of carboxylic acids is 1. The zero-order valence-corrected chi connectivity index (χ0v) is 10.4. The molecule has 1 aliphatic carbocycles. The number of piperidine rings is 1. The molecule has 1 heterocycles. The summed E-state index contributed by atoms with van der Waals surface area (Å²) in [6.07, 6.45) is 3.66. The highest BCUT2D eigenvalue weighted by atomic mass is 16.4. The van der Waals surface area contributed by atoms with Crippen LogP contribution in [0.5, 0.6) is 0 Å². The van der Waals surface area contributed by atoms with Crippen LogP contribution in [0.1, 0.15) is 19.3 Å². The molecular formula is C12H22N2O2. The first kappa shape index (κ1) is 11.9. The van der Waals surface area contributed by atoms with E-state index in [0.717, 1.165) is 12.3 Å². The van der Waals surface area contributed by atoms with E-state index in [0.29, 0.717) is 12.6 Å². The summed E-state index contributed by atoms with van der Waals surface area (Å²) in [4.78, 5) is 15.6. The molecule has 2 fully saturated rings. The van der Waals surface area contributed by atoms with Gasteiger partial charge in [0.2, 0.25) is 0 Å². The van der Waals surface area contributed by atoms with E-state index >= 15 is 0 Å². The number of aliphatic carboxylic acids is 1. The molecule has 1 saturated carbocycles. The first-order valence-corrected chi connectivity index (χ1v) is 6.10. The van der Waals surface area contributed by atoms with Crippen LogP contribution in [0.2, 0.25) is 0 Å². The largest absolute Gasteiger partial charge is 0.481 e. The van der Waals surface area contributed by atoms with Gasteiger partial charge >= 0.3 is 5.97 Å². The maximum atomic E-state index is 11.3. The minimum Gasteiger partial charge on any atom is -0.481 e. The van der Waals surface area contributed by atoms with Crippen LogP contribution in [-0.4, -0.2) is 60.6 Å². The number of likely N-dealkylation sites (tertiary alicyclic amines) is 1. The molecular weight excluding hydrogens is 204 g/mol. The molecule has 2 aliphatic rings. The molecule has 3 atom stereocenters. The van der Waals surface area contributed by atoms with Crippen LogP contribution in [0.4, 0.5) is 0 Å². The molecule has 0 aromatic carbocycles. The lowest BCUT2D eigenvalue weighted by atomic mass is 9.85. The van der Waals surface area contributed by atoms with Gasteiger partial charge in [-0.1, -0.05) is 0 Å². The Bertz CT molecular complexity index is 276. The Morgan fingerprint density at radius 2 is 2.00 bits per heavy atom. The molecule has 1 saturated heterocycles. The van der Waals surface area contributed by atoms with Crippen molar-refractivity contribution in [2.24, 2.45) is 11.8 Å². The van der Waals surface area contributed by atoms with Gasteiger partial charge in [0, 0.05) is 18.6 Å². The lowest BCUT2D eigenvalue weighted by molar-refractivity contribution is -0.147. The fraction of sp³-hybridized carbons (Fsp3) is 0.917. The Hall–Kier alpha value is -0.610. The Kier molecular flexibility index (Phi) is 3.22. The summed E-state index contributed by atoms with van der Waals surface area (Å²) in [5, 5.41) is 9.26. The number of hydrogen-bond donors (Lipinski definition) is 1. The number of rotatable bonds is 3. The van der Waals surface area contributed by atoms with E-state index < -0.39 is 5.97 Å². The minimum absolute atomic E-state index is 0.194. The van der Waals surface area contributed by atoms with Crippen molar-refractivity contribution in [2.75, 3.05) is 27.7 Å². The number of hydrogen-bond acceptors (Lipinski definition) is 3. The van der Waals surface area contributed by atoms with Crippen LogP contribution in [-0.2, 0) is 4.79 Å². The molecule has 0 aromatic rings. The van der Waals surface area contributed by atoms with E-state index in [1.54, 1.807) is 0 Å². The van der Waals surface area contributed by atoms with E-state index in [2.05, 4.69) is 16.8 Å². The Morgan fingerprint density at radius 3 is 2.44 bits per heavy atom. The van der Waals surface area contributed by atoms with Gasteiger partial charge in [-0.05, 0) is 46.3 Å². The summed E-state index contributed by atoms with van der Waals surface area (Å²) in [7, 11) is 6.07. The van der Waals surface area contributed by atoms with Crippen molar-refractivity contribution in [3.63, 3.8) is 0 Å². The monoisotopic (exact) mass is 226 g/mol. The standard InChI is InChI=1S/C12H22N2O2/c1-13(2)11-6-10(8-4-5-8)14(3)7-9(11)12(15)16/h8-11H,4-7H2,1-3H3,(H,15,16). The number of carbonyl (C=O) groups is 1. The molecule has 0 spiro atoms. The highest BCUT2D eigenvalue weighted by Crippen LogP contribution is 2.40. The van der Waals surface area contributed by atoms with Gasteiger partial charge in [-0.2, -0.15) is 0 Å². The third-order valence-corrected chi connectivity index (χ3v) is 4.14. The van der Waals surface area contributed by atoms with Gasteiger partial charge in [0.1, 0.15) is 0 Å². The first-order valence-electron chi connectivity index (χ1n) is 6.10. The summed E-state index contributed by atoms with van der Waals surface area (Å²) in [5.74, 6) is -0.0722. The van der Waals surface area contributed by atoms with E-state index in [-0.39, 0.29) is 12.0 Å². The highest BCUT2D eigenvalue weighted by Gasteiger charge is 2.44. The second-order valence-electron chi connectivity index (χ2n) is 5.56. The SMILES string of the molecule is CN(C)C1CC(C2CC2)N(C)CC1C(=O)O. The molecule has 92 valence electrons. The average Bonchev–Trinajstić information content (AvgIpc) is 3.00. The smallest absolute Gasteiger partial charge is 0.309 e. The van der Waals surface area contributed by atoms with Crippen molar-refractivity contribution in [3.8, 4) is 0 Å². The van der Waals surface area contributed by atoms with Crippen molar-refractivity contribution in [1.82, 2.24) is 9.80 Å². The quantitative estimate of drug-likeness (QED) is 0.770. The van der Waals surface area contributed by atoms with E-state index in [9.17, 15) is 9.90 Å². The molecule has 2 rings (SSSR count). The molecule has 3 unspecified atom stereocenters. The molecule has 0 bridgehead atoms. The lowest BCUT2D eigenvalue weighted by Crippen LogP contribution is -2.55. The predicted molar refractivity (Wildman–Crippen MR) is 62.4 cm³/mol. The van der Waals surface area contributed by atoms with Crippen LogP contribution in [0.25, 0.3) is 0 Å². The first-order chi connectivity index (χ1) is 7.50. The van der Waals surface area contributed by atoms with Gasteiger partial charge < -0.3 is 14.9 Å². The second-order valence-corrected chi connectivity index (χ2v) is 5.56. The predicted octanol–water partition coefficient (Wildman–Crippen LogP) is 0.731. The Morgan fingerprint density at radius 1 is 1.38 bits per heavy atom. The molecule has 16 heavy (non-hydrogen) atoms. The van der Waals surface area contributed by atoms with Crippen LogP contribution < -0.4 is 0 Å². The number of nitrogens with zero attached hydrogens (tertiary/aromatic N) is 2. The molecule has 1 aliphatic heterocycles. The summed E-state index contributed by atoms with van der Waals surface area (Å²) in [6, 6.07) is 0.794. The van der Waals surface area contributed by atoms with Crippen LogP contribution in [0.3, 0.4) is 0 Å². The van der Waals surface area contributed by atoms with Gasteiger partial charge in [0.25, 0.3) is 0 Å². The van der Waals surface area contributed by atoms with Crippen molar-refractivity contribution in [2.45, 2.75) is 31.3 Å². The maximum absolute atomic E-state index is 11.3. The van der Waals surface area contributed by atoms with Crippen molar-refractivity contribution >= 4 is 5.97 Å². The summed E-state index contributed by atoms with van der Waals surface area (Å²) in [5.41, 5.74) is 0. The van der Waals surface area contributed by atoms with Crippen molar-refractivity contribution in [3.05, 3.63) is 0 Å². The molecule has 0 aromatic heterocycles. The van der Waals surface area contributed by atoms with Crippen molar-refractivity contribution in [1.29, 1.82) is 0 Å². The fourth-order valence-corrected chi connectivity index (χ4v) is 3.01. The third kappa shape index (κ3) is 2.23. The fourth-order valence-electron chi connectivity index (χ4n) is 3.01. The molecule has 0 radical (unpaired) electrons. The summed E-state index contributed by atoms with van der Waals surface area (Å²) >= 11 is 0. The van der Waals surface area contributed by atoms with E-state index in [1.165, 1.54) is 12.8 Å². The van der Waals surface area contributed by atoms with E-state index in [4.69, 9.17) is 0 Å². The normalized spacial score (nSPS) is 36.6. The second kappa shape index (κ2) is 4.34. The Balaban J connectivity index is 2.09. The van der Waals surface area contributed by atoms with E-state index in [1.807, 2.05) is 14.1 Å². The third-order valence-electron chi connectivity index (χ3n) is 4.14. The van der Waals surface area contributed by atoms with Gasteiger partial charge in [-0.25, -0.2) is 0 Å². The molecule has 4 nitrogen and oxygen atoms in total. The topological polar surface area (TPSA) is 43.8 Å². The zero-order valence-electron chi connectivity index (χ0n) is 10.4. The van der Waals surface area contributed by atoms with Crippen LogP contribution >= 0.6 is 0 Å². The van der Waals surface area contributed by atoms with Crippen LogP contribution in [0.15, 0.2) is 0 Å². The summed E-state index contributed by atoms with van der Waals surface area (Å²) in [6.45, 7) is 0.694. The zero-order chi connectivity index (χ0) is 11.9. The maximum Gasteiger partial charge on any atom is 0.309 e. The minimum atomic E-state index is -0.653. The Labute approximate surface area is 97.2 Å². The molecule has 4 heteroatoms. The summed E-state index contributed by atoms with van der Waals surface area (Å²) < 4.78 is 0. The number of carboxylic acid groups (broad SMARTS) is 1. The van der Waals surface area contributed by atoms with Crippen LogP contribution in [0, 0.1) is 11.8 Å². The average molecular weight is 226 g/mol. The van der Waals surface area contributed by atoms with Crippen molar-refractivity contribution < 1.29 is 9.90 Å². The van der Waals surface area contributed by atoms with Gasteiger partial charge in [0.15, 0.2) is 0 Å².